The van der Waals surface area contributed by atoms with E-state index in [0.717, 1.165) is 12.3 Å². The monoisotopic (exact) mass is 517 g/mol. The molecule has 1 saturated heterocycles. The van der Waals surface area contributed by atoms with Gasteiger partial charge in [-0.25, -0.2) is 18.8 Å². The number of aromatic amines is 1. The summed E-state index contributed by atoms with van der Waals surface area (Å²) in [6.45, 7) is 1.35. The fourth-order valence-electron chi connectivity index (χ4n) is 3.08. The number of aromatic nitrogens is 2. The molecular weight excluding hydrogens is 492 g/mol. The first-order chi connectivity index (χ1) is 16.4. The van der Waals surface area contributed by atoms with Crippen molar-refractivity contribution in [3.63, 3.8) is 0 Å². The van der Waals surface area contributed by atoms with Gasteiger partial charge in [-0.05, 0) is 26.0 Å². The minimum Gasteiger partial charge on any atom is -0.462 e. The first kappa shape index (κ1) is 26.7. The molecule has 1 aromatic carbocycles. The Balaban J connectivity index is 1.78. The number of alkyl halides is 1. The molecule has 35 heavy (non-hydrogen) atoms. The first-order valence-corrected chi connectivity index (χ1v) is 11.9. The SMILES string of the molecule is CC(C)OC(=O)CNP(=O)(OC[C@@]1(F)O[C@@H](n2ccc(=O)[nH]c2=O)[C@H](O)[C@@H]1O)Oc1ccccc1. The average molecular weight is 517 g/mol. The minimum atomic E-state index is -4.47. The number of hydrogen-bond donors (Lipinski definition) is 4. The van der Waals surface area contributed by atoms with Crippen LogP contribution < -0.4 is 20.9 Å². The number of nitrogens with one attached hydrogen (secondary N) is 2. The van der Waals surface area contributed by atoms with Crippen LogP contribution in [0.25, 0.3) is 0 Å². The normalized spacial score (nSPS) is 25.8. The molecule has 13 nitrogen and oxygen atoms in total. The van der Waals surface area contributed by atoms with Gasteiger partial charge in [-0.3, -0.25) is 23.7 Å². The number of aliphatic hydroxyl groups excluding tert-OH is 2. The molecule has 0 radical (unpaired) electrons. The number of aliphatic hydroxyl groups is 2. The van der Waals surface area contributed by atoms with Gasteiger partial charge in [0, 0.05) is 12.3 Å². The van der Waals surface area contributed by atoms with Crippen molar-refractivity contribution in [1.82, 2.24) is 14.6 Å². The Labute approximate surface area is 198 Å². The van der Waals surface area contributed by atoms with Gasteiger partial charge in [0.2, 0.25) is 0 Å². The maximum absolute atomic E-state index is 15.5. The Morgan fingerprint density at radius 2 is 1.97 bits per heavy atom. The van der Waals surface area contributed by atoms with E-state index >= 15 is 4.39 Å². The van der Waals surface area contributed by atoms with Crippen molar-refractivity contribution in [2.45, 2.75) is 44.2 Å². The van der Waals surface area contributed by atoms with Gasteiger partial charge in [-0.15, -0.1) is 0 Å². The van der Waals surface area contributed by atoms with Crippen molar-refractivity contribution in [2.24, 2.45) is 0 Å². The van der Waals surface area contributed by atoms with E-state index in [1.165, 1.54) is 12.1 Å². The topological polar surface area (TPSA) is 178 Å². The predicted molar refractivity (Wildman–Crippen MR) is 117 cm³/mol. The number of halogens is 1. The number of esters is 1. The number of benzene rings is 1. The van der Waals surface area contributed by atoms with Gasteiger partial charge in [-0.2, -0.15) is 0 Å². The third-order valence-corrected chi connectivity index (χ3v) is 6.15. The molecule has 0 saturated carbocycles. The number of carbonyl (C=O) groups excluding carboxylic acids is 1. The average Bonchev–Trinajstić information content (AvgIpc) is 3.01. The van der Waals surface area contributed by atoms with Crippen molar-refractivity contribution in [3.8, 4) is 5.75 Å². The van der Waals surface area contributed by atoms with Gasteiger partial charge in [-0.1, -0.05) is 18.2 Å². The predicted octanol–water partition coefficient (Wildman–Crippen LogP) is 0.198. The second-order valence-electron chi connectivity index (χ2n) is 7.80. The van der Waals surface area contributed by atoms with Gasteiger partial charge >= 0.3 is 19.4 Å². The number of para-hydroxylation sites is 1. The second-order valence-corrected chi connectivity index (χ2v) is 9.55. The number of H-pyrrole nitrogens is 1. The second kappa shape index (κ2) is 10.8. The van der Waals surface area contributed by atoms with E-state index in [1.807, 2.05) is 4.98 Å². The van der Waals surface area contributed by atoms with Crippen molar-refractivity contribution >= 4 is 13.7 Å². The van der Waals surface area contributed by atoms with E-state index in [1.54, 1.807) is 32.0 Å². The lowest BCUT2D eigenvalue weighted by atomic mass is 10.1. The molecule has 0 amide bonds. The summed E-state index contributed by atoms with van der Waals surface area (Å²) in [7, 11) is -4.47. The molecule has 0 spiro atoms. The number of hydrogen-bond acceptors (Lipinski definition) is 10. The van der Waals surface area contributed by atoms with E-state index in [0.29, 0.717) is 4.57 Å². The Hall–Kier alpha value is -2.87. The highest BCUT2D eigenvalue weighted by atomic mass is 31.2. The molecule has 1 unspecified atom stereocenters. The molecule has 15 heteroatoms. The fourth-order valence-corrected chi connectivity index (χ4v) is 4.36. The zero-order valence-corrected chi connectivity index (χ0v) is 19.6. The molecular formula is C20H25FN3O10P. The minimum absolute atomic E-state index is 0.0547. The highest BCUT2D eigenvalue weighted by Crippen LogP contribution is 2.47. The highest BCUT2D eigenvalue weighted by Gasteiger charge is 2.57. The van der Waals surface area contributed by atoms with Crippen LogP contribution in [0.15, 0.2) is 52.2 Å². The molecule has 1 aromatic heterocycles. The van der Waals surface area contributed by atoms with E-state index in [4.69, 9.17) is 18.5 Å². The lowest BCUT2D eigenvalue weighted by Gasteiger charge is -2.26. The largest absolute Gasteiger partial charge is 0.462 e. The van der Waals surface area contributed by atoms with Crippen LogP contribution >= 0.6 is 7.75 Å². The fraction of sp³-hybridized carbons (Fsp3) is 0.450. The third kappa shape index (κ3) is 6.63. The Bertz CT molecular complexity index is 1190. The molecule has 0 aliphatic carbocycles. The van der Waals surface area contributed by atoms with Crippen molar-refractivity contribution < 1.29 is 42.5 Å². The Kier molecular flexibility index (Phi) is 8.26. The molecule has 5 atom stereocenters. The maximum Gasteiger partial charge on any atom is 0.459 e. The van der Waals surface area contributed by atoms with Gasteiger partial charge in [0.1, 0.15) is 31.1 Å². The van der Waals surface area contributed by atoms with E-state index in [-0.39, 0.29) is 5.75 Å². The molecule has 1 aliphatic rings. The molecule has 4 N–H and O–H groups in total. The van der Waals surface area contributed by atoms with Crippen LogP contribution in [-0.4, -0.2) is 63.1 Å². The summed E-state index contributed by atoms with van der Waals surface area (Å²) in [5.41, 5.74) is -1.77. The zero-order valence-electron chi connectivity index (χ0n) is 18.7. The molecule has 2 aromatic rings. The van der Waals surface area contributed by atoms with Crippen LogP contribution in [-0.2, 0) is 23.4 Å². The number of nitrogens with zero attached hydrogens (tertiary/aromatic N) is 1. The first-order valence-electron chi connectivity index (χ1n) is 10.4. The van der Waals surface area contributed by atoms with Crippen molar-refractivity contribution in [3.05, 3.63) is 63.4 Å². The van der Waals surface area contributed by atoms with Crippen molar-refractivity contribution in [2.75, 3.05) is 13.2 Å². The summed E-state index contributed by atoms with van der Waals surface area (Å²) in [4.78, 5) is 37.1. The molecule has 0 bridgehead atoms. The van der Waals surface area contributed by atoms with Crippen LogP contribution in [0.1, 0.15) is 20.1 Å². The lowest BCUT2D eigenvalue weighted by Crippen LogP contribution is -2.43. The van der Waals surface area contributed by atoms with Gasteiger partial charge in [0.25, 0.3) is 11.4 Å². The Morgan fingerprint density at radius 3 is 2.60 bits per heavy atom. The highest BCUT2D eigenvalue weighted by molar-refractivity contribution is 7.52. The smallest absolute Gasteiger partial charge is 0.459 e. The summed E-state index contributed by atoms with van der Waals surface area (Å²) >= 11 is 0. The zero-order chi connectivity index (χ0) is 25.8. The summed E-state index contributed by atoms with van der Waals surface area (Å²) in [5, 5.41) is 22.8. The van der Waals surface area contributed by atoms with Gasteiger partial charge < -0.3 is 24.2 Å². The quantitative estimate of drug-likeness (QED) is 0.250. The molecule has 1 aliphatic heterocycles. The van der Waals surface area contributed by atoms with Gasteiger partial charge in [0.15, 0.2) is 6.23 Å². The van der Waals surface area contributed by atoms with Gasteiger partial charge in [0.05, 0.1) is 6.10 Å². The lowest BCUT2D eigenvalue weighted by molar-refractivity contribution is -0.203. The summed E-state index contributed by atoms with van der Waals surface area (Å²) < 4.78 is 49.9. The van der Waals surface area contributed by atoms with E-state index in [9.17, 15) is 29.2 Å². The van der Waals surface area contributed by atoms with E-state index < -0.39 is 68.5 Å². The molecule has 192 valence electrons. The van der Waals surface area contributed by atoms with Crippen molar-refractivity contribution in [1.29, 1.82) is 0 Å². The Morgan fingerprint density at radius 1 is 1.29 bits per heavy atom. The van der Waals surface area contributed by atoms with Crippen LogP contribution in [0.2, 0.25) is 0 Å². The number of carbonyl (C=O) groups is 1. The summed E-state index contributed by atoms with van der Waals surface area (Å²) in [5.74, 6) is -3.89. The summed E-state index contributed by atoms with van der Waals surface area (Å²) in [6.07, 6.45) is -5.46. The van der Waals surface area contributed by atoms with E-state index in [2.05, 4.69) is 5.09 Å². The van der Waals surface area contributed by atoms with Crippen LogP contribution in [0.5, 0.6) is 5.75 Å². The van der Waals surface area contributed by atoms with Crippen LogP contribution in [0.4, 0.5) is 4.39 Å². The maximum atomic E-state index is 15.5. The number of ether oxygens (including phenoxy) is 2. The number of rotatable bonds is 10. The standard InChI is InChI=1S/C20H25FN3O10P/c1-12(2)32-15(26)10-22-35(30,34-13-6-4-3-5-7-13)31-11-20(21)17(28)16(27)18(33-20)24-9-8-14(25)23-19(24)29/h3-9,12,16-18,27-28H,10-11H2,1-2H3,(H,22,30)(H,23,25,29)/t16-,17+,18-,20-,35?/m1/s1. The van der Waals surface area contributed by atoms with Crippen LogP contribution in [0, 0.1) is 0 Å². The third-order valence-electron chi connectivity index (χ3n) is 4.68. The molecule has 1 fully saturated rings. The molecule has 3 rings (SSSR count). The molecule has 2 heterocycles. The van der Waals surface area contributed by atoms with Crippen LogP contribution in [0.3, 0.4) is 0 Å². The summed E-state index contributed by atoms with van der Waals surface area (Å²) in [6, 6.07) is 8.58.